The van der Waals surface area contributed by atoms with Crippen LogP contribution >= 0.6 is 0 Å². The summed E-state index contributed by atoms with van der Waals surface area (Å²) in [7, 11) is 0. The van der Waals surface area contributed by atoms with Crippen molar-refractivity contribution in [3.8, 4) is 0 Å². The summed E-state index contributed by atoms with van der Waals surface area (Å²) < 4.78 is 1.82. The Bertz CT molecular complexity index is 1050. The van der Waals surface area contributed by atoms with Crippen LogP contribution in [0.25, 0.3) is 6.08 Å². The van der Waals surface area contributed by atoms with Gasteiger partial charge in [0, 0.05) is 25.2 Å². The van der Waals surface area contributed by atoms with Crippen molar-refractivity contribution in [1.82, 2.24) is 19.9 Å². The van der Waals surface area contributed by atoms with Gasteiger partial charge in [0.2, 0.25) is 5.91 Å². The third-order valence-corrected chi connectivity index (χ3v) is 5.47. The molecule has 3 aromatic rings. The van der Waals surface area contributed by atoms with E-state index in [1.807, 2.05) is 41.2 Å². The molecule has 0 bridgehead atoms. The number of para-hydroxylation sites is 2. The number of aliphatic hydroxyl groups is 1. The molecule has 2 heterocycles. The van der Waals surface area contributed by atoms with Gasteiger partial charge in [-0.25, -0.2) is 4.68 Å². The summed E-state index contributed by atoms with van der Waals surface area (Å²) in [6.45, 7) is 1.67. The van der Waals surface area contributed by atoms with Crippen molar-refractivity contribution in [2.75, 3.05) is 24.2 Å². The van der Waals surface area contributed by atoms with Crippen LogP contribution in [0.4, 0.5) is 11.4 Å². The predicted octanol–water partition coefficient (Wildman–Crippen LogP) is 2.32. The van der Waals surface area contributed by atoms with Gasteiger partial charge in [-0.15, -0.1) is 5.10 Å². The first kappa shape index (κ1) is 20.8. The number of nitrogens with zero attached hydrogens (tertiary/aromatic N) is 4. The first-order valence-electron chi connectivity index (χ1n) is 10.3. The van der Waals surface area contributed by atoms with Gasteiger partial charge in [0.1, 0.15) is 5.69 Å². The molecule has 1 aliphatic rings. The number of amides is 1. The standard InChI is InChI=1S/C23H26N6O2/c24-21-8-4-5-9-22(21)25-23(31)11-10-18-14-29(27-26-18)19-12-20(16-30)28(15-19)13-17-6-2-1-3-7-17/h1-11,14,19-20,30H,12-13,15-16,24H2,(H,25,31)/b11-10+/t19-,20+/m0/s1. The molecule has 160 valence electrons. The average molecular weight is 419 g/mol. The molecule has 0 saturated carbocycles. The maximum absolute atomic E-state index is 12.2. The van der Waals surface area contributed by atoms with E-state index in [1.54, 1.807) is 18.2 Å². The highest BCUT2D eigenvalue weighted by Crippen LogP contribution is 2.28. The lowest BCUT2D eigenvalue weighted by Crippen LogP contribution is -2.31. The Labute approximate surface area is 181 Å². The fraction of sp³-hybridized carbons (Fsp3) is 0.261. The molecule has 1 amide bonds. The van der Waals surface area contributed by atoms with Crippen molar-refractivity contribution in [1.29, 1.82) is 0 Å². The maximum Gasteiger partial charge on any atom is 0.248 e. The Balaban J connectivity index is 1.37. The molecule has 4 rings (SSSR count). The number of aromatic nitrogens is 3. The van der Waals surface area contributed by atoms with Crippen molar-refractivity contribution < 1.29 is 9.90 Å². The van der Waals surface area contributed by atoms with Crippen molar-refractivity contribution in [3.05, 3.63) is 78.1 Å². The van der Waals surface area contributed by atoms with E-state index in [9.17, 15) is 9.90 Å². The summed E-state index contributed by atoms with van der Waals surface area (Å²) in [5, 5.41) is 21.0. The molecule has 1 saturated heterocycles. The molecule has 0 unspecified atom stereocenters. The van der Waals surface area contributed by atoms with Crippen LogP contribution in [0.5, 0.6) is 0 Å². The van der Waals surface area contributed by atoms with Crippen molar-refractivity contribution in [3.63, 3.8) is 0 Å². The molecule has 1 aliphatic heterocycles. The van der Waals surface area contributed by atoms with Gasteiger partial charge in [0.25, 0.3) is 0 Å². The highest BCUT2D eigenvalue weighted by atomic mass is 16.3. The molecular weight excluding hydrogens is 392 g/mol. The summed E-state index contributed by atoms with van der Waals surface area (Å²) in [6, 6.07) is 17.5. The molecule has 8 heteroatoms. The SMILES string of the molecule is Nc1ccccc1NC(=O)/C=C/c1cn([C@H]2C[C@H](CO)N(Cc3ccccc3)C2)nn1. The Morgan fingerprint density at radius 1 is 1.19 bits per heavy atom. The minimum absolute atomic E-state index is 0.0792. The predicted molar refractivity (Wildman–Crippen MR) is 120 cm³/mol. The largest absolute Gasteiger partial charge is 0.397 e. The van der Waals surface area contributed by atoms with Crippen molar-refractivity contribution >= 4 is 23.4 Å². The molecule has 8 nitrogen and oxygen atoms in total. The number of benzene rings is 2. The zero-order chi connectivity index (χ0) is 21.6. The summed E-state index contributed by atoms with van der Waals surface area (Å²) in [6.07, 6.45) is 5.65. The number of hydrogen-bond donors (Lipinski definition) is 3. The normalized spacial score (nSPS) is 19.1. The first-order valence-corrected chi connectivity index (χ1v) is 10.3. The second kappa shape index (κ2) is 9.55. The minimum Gasteiger partial charge on any atom is -0.397 e. The third kappa shape index (κ3) is 5.17. The van der Waals surface area contributed by atoms with E-state index >= 15 is 0 Å². The Hall–Kier alpha value is -3.49. The van der Waals surface area contributed by atoms with Gasteiger partial charge in [-0.05, 0) is 30.2 Å². The van der Waals surface area contributed by atoms with Crippen molar-refractivity contribution in [2.45, 2.75) is 25.0 Å². The topological polar surface area (TPSA) is 109 Å². The van der Waals surface area contributed by atoms with Gasteiger partial charge in [-0.1, -0.05) is 47.7 Å². The quantitative estimate of drug-likeness (QED) is 0.401. The summed E-state index contributed by atoms with van der Waals surface area (Å²) in [5.74, 6) is -0.289. The molecule has 31 heavy (non-hydrogen) atoms. The molecule has 1 aromatic heterocycles. The van der Waals surface area contributed by atoms with E-state index in [4.69, 9.17) is 5.73 Å². The lowest BCUT2D eigenvalue weighted by molar-refractivity contribution is -0.111. The summed E-state index contributed by atoms with van der Waals surface area (Å²) in [4.78, 5) is 14.4. The fourth-order valence-electron chi connectivity index (χ4n) is 3.84. The number of hydrogen-bond acceptors (Lipinski definition) is 6. The number of anilines is 2. The van der Waals surface area contributed by atoms with Crippen LogP contribution in [0.15, 0.2) is 66.9 Å². The van der Waals surface area contributed by atoms with Crippen LogP contribution < -0.4 is 11.1 Å². The number of rotatable bonds is 7. The molecule has 0 spiro atoms. The van der Waals surface area contributed by atoms with Crippen LogP contribution in [0.3, 0.4) is 0 Å². The molecule has 2 aromatic carbocycles. The van der Waals surface area contributed by atoms with Gasteiger partial charge >= 0.3 is 0 Å². The molecule has 2 atom stereocenters. The number of aliphatic hydroxyl groups excluding tert-OH is 1. The summed E-state index contributed by atoms with van der Waals surface area (Å²) >= 11 is 0. The number of nitrogens with one attached hydrogen (secondary N) is 1. The van der Waals surface area contributed by atoms with E-state index in [1.165, 1.54) is 11.6 Å². The average Bonchev–Trinajstić information content (AvgIpc) is 3.41. The zero-order valence-electron chi connectivity index (χ0n) is 17.1. The number of likely N-dealkylation sites (tertiary alicyclic amines) is 1. The van der Waals surface area contributed by atoms with Crippen molar-refractivity contribution in [2.24, 2.45) is 0 Å². The van der Waals surface area contributed by atoms with E-state index in [0.29, 0.717) is 17.1 Å². The minimum atomic E-state index is -0.289. The fourth-order valence-corrected chi connectivity index (χ4v) is 3.84. The van der Waals surface area contributed by atoms with E-state index in [0.717, 1.165) is 19.5 Å². The van der Waals surface area contributed by atoms with Crippen LogP contribution in [0.1, 0.15) is 23.7 Å². The number of carbonyl (C=O) groups is 1. The van der Waals surface area contributed by atoms with Gasteiger partial charge in [0.05, 0.1) is 30.2 Å². The highest BCUT2D eigenvalue weighted by molar-refractivity contribution is 6.03. The maximum atomic E-state index is 12.2. The smallest absolute Gasteiger partial charge is 0.248 e. The van der Waals surface area contributed by atoms with Gasteiger partial charge in [-0.3, -0.25) is 9.69 Å². The number of nitrogen functional groups attached to an aromatic ring is 1. The van der Waals surface area contributed by atoms with Gasteiger partial charge in [0.15, 0.2) is 0 Å². The molecule has 0 radical (unpaired) electrons. The van der Waals surface area contributed by atoms with E-state index in [-0.39, 0.29) is 24.6 Å². The van der Waals surface area contributed by atoms with Gasteiger partial charge in [-0.2, -0.15) is 0 Å². The van der Waals surface area contributed by atoms with Crippen LogP contribution in [-0.2, 0) is 11.3 Å². The molecule has 4 N–H and O–H groups in total. The van der Waals surface area contributed by atoms with Crippen LogP contribution in [0.2, 0.25) is 0 Å². The third-order valence-electron chi connectivity index (χ3n) is 5.47. The Morgan fingerprint density at radius 3 is 2.74 bits per heavy atom. The molecule has 0 aliphatic carbocycles. The molecule has 1 fully saturated rings. The monoisotopic (exact) mass is 418 g/mol. The van der Waals surface area contributed by atoms with E-state index < -0.39 is 0 Å². The van der Waals surface area contributed by atoms with Crippen LogP contribution in [0, 0.1) is 0 Å². The summed E-state index contributed by atoms with van der Waals surface area (Å²) in [5.41, 5.74) is 8.74. The first-order chi connectivity index (χ1) is 15.1. The van der Waals surface area contributed by atoms with E-state index in [2.05, 4.69) is 32.7 Å². The second-order valence-corrected chi connectivity index (χ2v) is 7.67. The number of nitrogens with two attached hydrogens (primary N) is 1. The Kier molecular flexibility index (Phi) is 6.40. The highest BCUT2D eigenvalue weighted by Gasteiger charge is 2.33. The van der Waals surface area contributed by atoms with Gasteiger partial charge < -0.3 is 16.2 Å². The van der Waals surface area contributed by atoms with Crippen LogP contribution in [-0.4, -0.2) is 50.1 Å². The Morgan fingerprint density at radius 2 is 1.97 bits per heavy atom. The second-order valence-electron chi connectivity index (χ2n) is 7.67. The zero-order valence-corrected chi connectivity index (χ0v) is 17.1. The molecular formula is C23H26N6O2. The lowest BCUT2D eigenvalue weighted by Gasteiger charge is -2.22. The number of carbonyl (C=O) groups excluding carboxylic acids is 1. The lowest BCUT2D eigenvalue weighted by atomic mass is 10.1.